The number of hydrogen-bond acceptors (Lipinski definition) is 3. The SMILES string of the molecule is CCC(N)Cc1cccnc1N(C)C1CCC(CC)CC1. The molecule has 1 atom stereocenters. The van der Waals surface area contributed by atoms with Gasteiger partial charge in [-0.3, -0.25) is 0 Å². The van der Waals surface area contributed by atoms with Crippen molar-refractivity contribution in [3.05, 3.63) is 23.9 Å². The molecule has 2 N–H and O–H groups in total. The number of nitrogens with zero attached hydrogens (tertiary/aromatic N) is 2. The first-order chi connectivity index (χ1) is 10.2. The molecule has 1 fully saturated rings. The molecule has 21 heavy (non-hydrogen) atoms. The van der Waals surface area contributed by atoms with Crippen LogP contribution in [0.4, 0.5) is 5.82 Å². The van der Waals surface area contributed by atoms with Crippen LogP contribution in [-0.4, -0.2) is 24.1 Å². The minimum atomic E-state index is 0.233. The van der Waals surface area contributed by atoms with Gasteiger partial charge in [-0.1, -0.05) is 26.3 Å². The first-order valence-corrected chi connectivity index (χ1v) is 8.58. The van der Waals surface area contributed by atoms with Crippen LogP contribution in [0, 0.1) is 5.92 Å². The number of nitrogens with two attached hydrogens (primary N) is 1. The Morgan fingerprint density at radius 2 is 2.00 bits per heavy atom. The maximum Gasteiger partial charge on any atom is 0.131 e. The Kier molecular flexibility index (Phi) is 6.04. The zero-order valence-electron chi connectivity index (χ0n) is 13.9. The van der Waals surface area contributed by atoms with Gasteiger partial charge in [-0.05, 0) is 56.1 Å². The highest BCUT2D eigenvalue weighted by molar-refractivity contribution is 5.47. The quantitative estimate of drug-likeness (QED) is 0.867. The molecule has 1 aromatic heterocycles. The van der Waals surface area contributed by atoms with Crippen LogP contribution in [0.5, 0.6) is 0 Å². The predicted octanol–water partition coefficient (Wildman–Crippen LogP) is 3.77. The largest absolute Gasteiger partial charge is 0.356 e. The molecule has 1 aromatic rings. The maximum absolute atomic E-state index is 6.14. The van der Waals surface area contributed by atoms with Gasteiger partial charge in [0.2, 0.25) is 0 Å². The van der Waals surface area contributed by atoms with Crippen molar-refractivity contribution < 1.29 is 0 Å². The Morgan fingerprint density at radius 3 is 2.62 bits per heavy atom. The van der Waals surface area contributed by atoms with Gasteiger partial charge in [0, 0.05) is 25.3 Å². The van der Waals surface area contributed by atoms with Gasteiger partial charge >= 0.3 is 0 Å². The second kappa shape index (κ2) is 7.79. The van der Waals surface area contributed by atoms with Gasteiger partial charge in [0.1, 0.15) is 5.82 Å². The average Bonchev–Trinajstić information content (AvgIpc) is 2.54. The fourth-order valence-electron chi connectivity index (χ4n) is 3.45. The Morgan fingerprint density at radius 1 is 1.29 bits per heavy atom. The van der Waals surface area contributed by atoms with Gasteiger partial charge in [0.25, 0.3) is 0 Å². The molecule has 0 saturated heterocycles. The molecule has 118 valence electrons. The third-order valence-electron chi connectivity index (χ3n) is 5.15. The molecule has 0 spiro atoms. The van der Waals surface area contributed by atoms with E-state index in [0.717, 1.165) is 24.6 Å². The summed E-state index contributed by atoms with van der Waals surface area (Å²) in [5, 5.41) is 0. The molecule has 0 amide bonds. The zero-order valence-corrected chi connectivity index (χ0v) is 13.9. The lowest BCUT2D eigenvalue weighted by molar-refractivity contribution is 0.312. The minimum absolute atomic E-state index is 0.233. The number of hydrogen-bond donors (Lipinski definition) is 1. The lowest BCUT2D eigenvalue weighted by atomic mass is 9.84. The molecule has 1 unspecified atom stereocenters. The summed E-state index contributed by atoms with van der Waals surface area (Å²) in [6, 6.07) is 5.09. The van der Waals surface area contributed by atoms with Gasteiger partial charge in [0.15, 0.2) is 0 Å². The highest BCUT2D eigenvalue weighted by atomic mass is 15.2. The summed E-state index contributed by atoms with van der Waals surface area (Å²) in [6.45, 7) is 4.47. The van der Waals surface area contributed by atoms with Crippen molar-refractivity contribution >= 4 is 5.82 Å². The Labute approximate surface area is 129 Å². The van der Waals surface area contributed by atoms with E-state index in [1.807, 2.05) is 12.3 Å². The summed E-state index contributed by atoms with van der Waals surface area (Å²) in [6.07, 6.45) is 10.5. The van der Waals surface area contributed by atoms with E-state index in [2.05, 4.69) is 36.8 Å². The van der Waals surface area contributed by atoms with Gasteiger partial charge < -0.3 is 10.6 Å². The highest BCUT2D eigenvalue weighted by Gasteiger charge is 2.25. The monoisotopic (exact) mass is 289 g/mol. The summed E-state index contributed by atoms with van der Waals surface area (Å²) < 4.78 is 0. The van der Waals surface area contributed by atoms with Crippen LogP contribution in [-0.2, 0) is 6.42 Å². The molecular weight excluding hydrogens is 258 g/mol. The first kappa shape index (κ1) is 16.3. The highest BCUT2D eigenvalue weighted by Crippen LogP contribution is 2.31. The molecule has 0 radical (unpaired) electrons. The molecule has 1 saturated carbocycles. The molecule has 3 nitrogen and oxygen atoms in total. The Bertz CT molecular complexity index is 424. The molecule has 1 heterocycles. The number of pyridine rings is 1. The molecule has 3 heteroatoms. The third-order valence-corrected chi connectivity index (χ3v) is 5.15. The molecule has 1 aliphatic rings. The van der Waals surface area contributed by atoms with Gasteiger partial charge in [-0.2, -0.15) is 0 Å². The van der Waals surface area contributed by atoms with Crippen LogP contribution < -0.4 is 10.6 Å². The van der Waals surface area contributed by atoms with Crippen molar-refractivity contribution in [1.82, 2.24) is 4.98 Å². The van der Waals surface area contributed by atoms with Gasteiger partial charge in [0.05, 0.1) is 0 Å². The normalized spacial score (nSPS) is 23.8. The maximum atomic E-state index is 6.14. The van der Waals surface area contributed by atoms with E-state index in [1.54, 1.807) is 0 Å². The minimum Gasteiger partial charge on any atom is -0.356 e. The van der Waals surface area contributed by atoms with E-state index >= 15 is 0 Å². The van der Waals surface area contributed by atoms with Crippen molar-refractivity contribution in [3.63, 3.8) is 0 Å². The van der Waals surface area contributed by atoms with Crippen molar-refractivity contribution in [2.24, 2.45) is 11.7 Å². The van der Waals surface area contributed by atoms with Crippen molar-refractivity contribution in [3.8, 4) is 0 Å². The van der Waals surface area contributed by atoms with Crippen LogP contribution in [0.15, 0.2) is 18.3 Å². The standard InChI is InChI=1S/C18H31N3/c1-4-14-8-10-17(11-9-14)21(3)18-15(7-6-12-20-18)13-16(19)5-2/h6-7,12,14,16-17H,4-5,8-11,13,19H2,1-3H3. The van der Waals surface area contributed by atoms with Crippen LogP contribution in [0.3, 0.4) is 0 Å². The molecular formula is C18H31N3. The Hall–Kier alpha value is -1.09. The first-order valence-electron chi connectivity index (χ1n) is 8.58. The second-order valence-electron chi connectivity index (χ2n) is 6.55. The van der Waals surface area contributed by atoms with Crippen LogP contribution >= 0.6 is 0 Å². The molecule has 0 aliphatic heterocycles. The average molecular weight is 289 g/mol. The summed E-state index contributed by atoms with van der Waals surface area (Å²) in [4.78, 5) is 7.06. The topological polar surface area (TPSA) is 42.1 Å². The summed E-state index contributed by atoms with van der Waals surface area (Å²) >= 11 is 0. The van der Waals surface area contributed by atoms with Gasteiger partial charge in [-0.15, -0.1) is 0 Å². The summed E-state index contributed by atoms with van der Waals surface area (Å²) in [5.41, 5.74) is 7.44. The van der Waals surface area contributed by atoms with Crippen LogP contribution in [0.2, 0.25) is 0 Å². The van der Waals surface area contributed by atoms with E-state index in [4.69, 9.17) is 5.73 Å². The fourth-order valence-corrected chi connectivity index (χ4v) is 3.45. The van der Waals surface area contributed by atoms with Crippen LogP contribution in [0.25, 0.3) is 0 Å². The lowest BCUT2D eigenvalue weighted by Gasteiger charge is -2.36. The van der Waals surface area contributed by atoms with E-state index in [-0.39, 0.29) is 6.04 Å². The fraction of sp³-hybridized carbons (Fsp3) is 0.722. The zero-order chi connectivity index (χ0) is 15.2. The number of anilines is 1. The summed E-state index contributed by atoms with van der Waals surface area (Å²) in [7, 11) is 2.21. The van der Waals surface area contributed by atoms with E-state index in [9.17, 15) is 0 Å². The van der Waals surface area contributed by atoms with Gasteiger partial charge in [-0.25, -0.2) is 4.98 Å². The second-order valence-corrected chi connectivity index (χ2v) is 6.55. The smallest absolute Gasteiger partial charge is 0.131 e. The van der Waals surface area contributed by atoms with Crippen molar-refractivity contribution in [1.29, 1.82) is 0 Å². The predicted molar refractivity (Wildman–Crippen MR) is 90.6 cm³/mol. The third kappa shape index (κ3) is 4.19. The van der Waals surface area contributed by atoms with Crippen LogP contribution in [0.1, 0.15) is 57.9 Å². The number of aromatic nitrogens is 1. The molecule has 1 aliphatic carbocycles. The molecule has 0 bridgehead atoms. The lowest BCUT2D eigenvalue weighted by Crippen LogP contribution is -2.36. The van der Waals surface area contributed by atoms with Crippen molar-refractivity contribution in [2.45, 2.75) is 70.9 Å². The molecule has 0 aromatic carbocycles. The summed E-state index contributed by atoms with van der Waals surface area (Å²) in [5.74, 6) is 2.08. The number of rotatable bonds is 6. The Balaban J connectivity index is 2.06. The van der Waals surface area contributed by atoms with Crippen molar-refractivity contribution in [2.75, 3.05) is 11.9 Å². The van der Waals surface area contributed by atoms with E-state index in [1.165, 1.54) is 37.7 Å². The van der Waals surface area contributed by atoms with E-state index < -0.39 is 0 Å². The van der Waals surface area contributed by atoms with E-state index in [0.29, 0.717) is 6.04 Å². The molecule has 2 rings (SSSR count).